The van der Waals surface area contributed by atoms with Crippen LogP contribution in [-0.4, -0.2) is 12.7 Å². The Morgan fingerprint density at radius 2 is 2.04 bits per heavy atom. The van der Waals surface area contributed by atoms with Crippen molar-refractivity contribution in [1.29, 1.82) is 5.26 Å². The molecule has 1 aliphatic heterocycles. The molecular formula is C17H14N2O3S. The number of nitrogens with zero attached hydrogens (tertiary/aromatic N) is 1. The van der Waals surface area contributed by atoms with E-state index in [4.69, 9.17) is 9.47 Å². The number of thiophene rings is 1. The lowest BCUT2D eigenvalue weighted by Gasteiger charge is -2.09. The molecule has 0 radical (unpaired) electrons. The summed E-state index contributed by atoms with van der Waals surface area (Å²) in [5, 5.41) is 13.0. The molecule has 0 saturated carbocycles. The Kier molecular flexibility index (Phi) is 3.43. The Balaban J connectivity index is 1.62. The fourth-order valence-electron chi connectivity index (χ4n) is 2.99. The van der Waals surface area contributed by atoms with Gasteiger partial charge in [-0.1, -0.05) is 0 Å². The molecule has 0 unspecified atom stereocenters. The summed E-state index contributed by atoms with van der Waals surface area (Å²) in [6.45, 7) is 0.177. The van der Waals surface area contributed by atoms with E-state index >= 15 is 0 Å². The van der Waals surface area contributed by atoms with Crippen LogP contribution in [0.3, 0.4) is 0 Å². The van der Waals surface area contributed by atoms with Gasteiger partial charge in [-0.3, -0.25) is 4.79 Å². The van der Waals surface area contributed by atoms with Gasteiger partial charge in [-0.2, -0.15) is 5.26 Å². The van der Waals surface area contributed by atoms with Crippen LogP contribution in [0.25, 0.3) is 0 Å². The first-order valence-corrected chi connectivity index (χ1v) is 8.33. The normalized spacial score (nSPS) is 14.9. The van der Waals surface area contributed by atoms with Gasteiger partial charge < -0.3 is 14.8 Å². The standard InChI is InChI=1S/C17H14N2O3S/c18-8-12-11-3-1-2-4-15(11)23-17(12)19-16(20)10-5-6-13-14(7-10)22-9-21-13/h5-7H,1-4,9H2,(H,19,20). The van der Waals surface area contributed by atoms with Crippen LogP contribution in [0.1, 0.15) is 39.2 Å². The number of nitriles is 1. The number of nitrogens with one attached hydrogen (secondary N) is 1. The predicted octanol–water partition coefficient (Wildman–Crippen LogP) is 3.48. The number of carbonyl (C=O) groups excluding carboxylic acids is 1. The van der Waals surface area contributed by atoms with Gasteiger partial charge in [0.2, 0.25) is 6.79 Å². The maximum Gasteiger partial charge on any atom is 0.256 e. The Hall–Kier alpha value is -2.52. The number of rotatable bonds is 2. The highest BCUT2D eigenvalue weighted by molar-refractivity contribution is 7.16. The fourth-order valence-corrected chi connectivity index (χ4v) is 4.22. The van der Waals surface area contributed by atoms with Crippen LogP contribution in [0.5, 0.6) is 11.5 Å². The van der Waals surface area contributed by atoms with E-state index in [1.807, 2.05) is 0 Å². The van der Waals surface area contributed by atoms with E-state index in [1.165, 1.54) is 16.2 Å². The molecule has 2 aliphatic rings. The monoisotopic (exact) mass is 326 g/mol. The van der Waals surface area contributed by atoms with E-state index in [0.717, 1.165) is 31.2 Å². The Labute approximate surface area is 137 Å². The number of hydrogen-bond donors (Lipinski definition) is 1. The third-order valence-corrected chi connectivity index (χ3v) is 5.35. The number of hydrogen-bond acceptors (Lipinski definition) is 5. The average molecular weight is 326 g/mol. The lowest BCUT2D eigenvalue weighted by molar-refractivity contribution is 0.102. The molecule has 4 rings (SSSR count). The molecule has 1 aromatic heterocycles. The number of carbonyl (C=O) groups is 1. The van der Waals surface area contributed by atoms with E-state index in [-0.39, 0.29) is 12.7 Å². The van der Waals surface area contributed by atoms with Crippen LogP contribution in [-0.2, 0) is 12.8 Å². The smallest absolute Gasteiger partial charge is 0.256 e. The molecule has 23 heavy (non-hydrogen) atoms. The molecule has 5 nitrogen and oxygen atoms in total. The number of amides is 1. The Morgan fingerprint density at radius 1 is 1.22 bits per heavy atom. The van der Waals surface area contributed by atoms with E-state index in [0.29, 0.717) is 27.6 Å². The molecule has 0 fully saturated rings. The van der Waals surface area contributed by atoms with Gasteiger partial charge in [0.1, 0.15) is 11.1 Å². The molecule has 0 atom stereocenters. The summed E-state index contributed by atoms with van der Waals surface area (Å²) >= 11 is 1.52. The molecule has 1 aromatic carbocycles. The van der Waals surface area contributed by atoms with E-state index in [9.17, 15) is 10.1 Å². The minimum Gasteiger partial charge on any atom is -0.454 e. The van der Waals surface area contributed by atoms with Crippen molar-refractivity contribution in [3.8, 4) is 17.6 Å². The van der Waals surface area contributed by atoms with Gasteiger partial charge in [-0.05, 0) is 49.4 Å². The second-order valence-corrected chi connectivity index (χ2v) is 6.65. The number of anilines is 1. The van der Waals surface area contributed by atoms with Crippen molar-refractivity contribution < 1.29 is 14.3 Å². The van der Waals surface area contributed by atoms with Gasteiger partial charge in [0.25, 0.3) is 5.91 Å². The van der Waals surface area contributed by atoms with Crippen LogP contribution in [0.15, 0.2) is 18.2 Å². The zero-order valence-corrected chi connectivity index (χ0v) is 13.2. The molecule has 1 amide bonds. The van der Waals surface area contributed by atoms with Gasteiger partial charge in [0.15, 0.2) is 11.5 Å². The fraction of sp³-hybridized carbons (Fsp3) is 0.294. The van der Waals surface area contributed by atoms with Crippen LogP contribution >= 0.6 is 11.3 Å². The van der Waals surface area contributed by atoms with Crippen molar-refractivity contribution in [2.24, 2.45) is 0 Å². The predicted molar refractivity (Wildman–Crippen MR) is 86.2 cm³/mol. The summed E-state index contributed by atoms with van der Waals surface area (Å²) in [7, 11) is 0. The van der Waals surface area contributed by atoms with Crippen molar-refractivity contribution in [3.63, 3.8) is 0 Å². The summed E-state index contributed by atoms with van der Waals surface area (Å²) in [5.41, 5.74) is 2.23. The van der Waals surface area contributed by atoms with E-state index < -0.39 is 0 Å². The first-order chi connectivity index (χ1) is 11.3. The van der Waals surface area contributed by atoms with Crippen LogP contribution in [0, 0.1) is 11.3 Å². The number of aryl methyl sites for hydroxylation is 1. The summed E-state index contributed by atoms with van der Waals surface area (Å²) in [6.07, 6.45) is 4.17. The Bertz CT molecular complexity index is 835. The van der Waals surface area contributed by atoms with Crippen LogP contribution in [0.2, 0.25) is 0 Å². The molecule has 1 aliphatic carbocycles. The molecular weight excluding hydrogens is 312 g/mol. The third kappa shape index (κ3) is 2.43. The van der Waals surface area contributed by atoms with Crippen molar-refractivity contribution in [1.82, 2.24) is 0 Å². The quantitative estimate of drug-likeness (QED) is 0.917. The van der Waals surface area contributed by atoms with Crippen LogP contribution in [0.4, 0.5) is 5.00 Å². The maximum absolute atomic E-state index is 12.5. The van der Waals surface area contributed by atoms with Crippen LogP contribution < -0.4 is 14.8 Å². The number of fused-ring (bicyclic) bond motifs is 2. The zero-order valence-electron chi connectivity index (χ0n) is 12.3. The number of ether oxygens (including phenoxy) is 2. The minimum absolute atomic E-state index is 0.177. The molecule has 116 valence electrons. The first-order valence-electron chi connectivity index (χ1n) is 7.52. The van der Waals surface area contributed by atoms with E-state index in [1.54, 1.807) is 18.2 Å². The zero-order chi connectivity index (χ0) is 15.8. The minimum atomic E-state index is -0.238. The molecule has 2 heterocycles. The van der Waals surface area contributed by atoms with Crippen molar-refractivity contribution in [3.05, 3.63) is 39.8 Å². The van der Waals surface area contributed by atoms with Crippen molar-refractivity contribution >= 4 is 22.2 Å². The number of benzene rings is 1. The lowest BCUT2D eigenvalue weighted by atomic mass is 9.96. The van der Waals surface area contributed by atoms with E-state index in [2.05, 4.69) is 11.4 Å². The largest absolute Gasteiger partial charge is 0.454 e. The average Bonchev–Trinajstić information content (AvgIpc) is 3.17. The highest BCUT2D eigenvalue weighted by atomic mass is 32.1. The second-order valence-electron chi connectivity index (χ2n) is 5.55. The molecule has 0 saturated heterocycles. The maximum atomic E-state index is 12.5. The van der Waals surface area contributed by atoms with Gasteiger partial charge in [-0.25, -0.2) is 0 Å². The van der Waals surface area contributed by atoms with Crippen molar-refractivity contribution in [2.75, 3.05) is 12.1 Å². The SMILES string of the molecule is N#Cc1c(NC(=O)c2ccc3c(c2)OCO3)sc2c1CCCC2. The van der Waals surface area contributed by atoms with Gasteiger partial charge in [0, 0.05) is 10.4 Å². The van der Waals surface area contributed by atoms with Gasteiger partial charge in [0.05, 0.1) is 5.56 Å². The summed E-state index contributed by atoms with van der Waals surface area (Å²) in [5.74, 6) is 0.980. The molecule has 6 heteroatoms. The first kappa shape index (κ1) is 14.1. The summed E-state index contributed by atoms with van der Waals surface area (Å²) in [6, 6.07) is 7.34. The summed E-state index contributed by atoms with van der Waals surface area (Å²) in [4.78, 5) is 13.7. The topological polar surface area (TPSA) is 71.4 Å². The second kappa shape index (κ2) is 5.60. The molecule has 0 bridgehead atoms. The van der Waals surface area contributed by atoms with Crippen molar-refractivity contribution in [2.45, 2.75) is 25.7 Å². The Morgan fingerprint density at radius 3 is 2.91 bits per heavy atom. The molecule has 2 aromatic rings. The van der Waals surface area contributed by atoms with Gasteiger partial charge in [-0.15, -0.1) is 11.3 Å². The highest BCUT2D eigenvalue weighted by Gasteiger charge is 2.23. The summed E-state index contributed by atoms with van der Waals surface area (Å²) < 4.78 is 10.5. The lowest BCUT2D eigenvalue weighted by Crippen LogP contribution is -2.11. The highest BCUT2D eigenvalue weighted by Crippen LogP contribution is 2.38. The van der Waals surface area contributed by atoms with Gasteiger partial charge >= 0.3 is 0 Å². The molecule has 0 spiro atoms. The third-order valence-electron chi connectivity index (χ3n) is 4.14. The molecule has 1 N–H and O–H groups in total.